The van der Waals surface area contributed by atoms with Crippen molar-refractivity contribution in [3.8, 4) is 6.07 Å². The third-order valence-corrected chi connectivity index (χ3v) is 8.02. The quantitative estimate of drug-likeness (QED) is 0.626. The van der Waals surface area contributed by atoms with Crippen molar-refractivity contribution in [3.05, 3.63) is 59.0 Å². The van der Waals surface area contributed by atoms with Crippen LogP contribution in [0.2, 0.25) is 0 Å². The summed E-state index contributed by atoms with van der Waals surface area (Å²) in [5.74, 6) is 0. The van der Waals surface area contributed by atoms with Gasteiger partial charge in [-0.15, -0.1) is 0 Å². The van der Waals surface area contributed by atoms with Gasteiger partial charge in [0.15, 0.2) is 0 Å². The molecule has 3 rings (SSSR count). The third kappa shape index (κ3) is 2.88. The van der Waals surface area contributed by atoms with E-state index < -0.39 is 0 Å². The molecule has 6 heteroatoms. The maximum Gasteiger partial charge on any atom is 0.0991 e. The first-order chi connectivity index (χ1) is 9.28. The molecule has 0 spiro atoms. The van der Waals surface area contributed by atoms with Crippen molar-refractivity contribution in [2.45, 2.75) is 0 Å². The van der Waals surface area contributed by atoms with Gasteiger partial charge < -0.3 is 0 Å². The summed E-state index contributed by atoms with van der Waals surface area (Å²) in [6.07, 6.45) is 0. The minimum Gasteiger partial charge on any atom is -0.192 e. The predicted molar refractivity (Wildman–Crippen MR) is 90.5 cm³/mol. The Hall–Kier alpha value is -0.380. The lowest BCUT2D eigenvalue weighted by molar-refractivity contribution is 1.48. The Morgan fingerprint density at radius 3 is 2.26 bits per heavy atom. The Balaban J connectivity index is 1.87. The second-order valence-electron chi connectivity index (χ2n) is 3.58. The number of rotatable bonds is 1. The number of thioether (sulfide) groups is 4. The molecule has 0 amide bonds. The molecule has 1 nitrogen and oxygen atoms in total. The number of hydrogen-bond donors (Lipinski definition) is 0. The molecule has 2 aliphatic heterocycles. The van der Waals surface area contributed by atoms with E-state index in [4.69, 9.17) is 16.9 Å². The summed E-state index contributed by atoms with van der Waals surface area (Å²) in [5, 5.41) is 13.0. The van der Waals surface area contributed by atoms with Crippen LogP contribution in [-0.4, -0.2) is 0 Å². The maximum atomic E-state index is 8.81. The summed E-state index contributed by atoms with van der Waals surface area (Å²) in [7, 11) is 0. The van der Waals surface area contributed by atoms with Crippen molar-refractivity contribution in [3.63, 3.8) is 0 Å². The van der Waals surface area contributed by atoms with Crippen molar-refractivity contribution < 1.29 is 0 Å². The lowest BCUT2D eigenvalue weighted by Crippen LogP contribution is -1.79. The normalized spacial score (nSPS) is 18.3. The van der Waals surface area contributed by atoms with E-state index in [2.05, 4.69) is 16.9 Å². The molecule has 2 aliphatic rings. The van der Waals surface area contributed by atoms with E-state index in [-0.39, 0.29) is 0 Å². The molecule has 0 aliphatic carbocycles. The summed E-state index contributed by atoms with van der Waals surface area (Å²) < 4.78 is 3.34. The first-order valence-electron chi connectivity index (χ1n) is 5.26. The molecule has 0 bridgehead atoms. The fourth-order valence-corrected chi connectivity index (χ4v) is 6.62. The highest BCUT2D eigenvalue weighted by Gasteiger charge is 2.25. The third-order valence-electron chi connectivity index (χ3n) is 2.40. The van der Waals surface area contributed by atoms with Crippen LogP contribution < -0.4 is 0 Å². The monoisotopic (exact) mass is 339 g/mol. The fraction of sp³-hybridized carbons (Fsp3) is 0. The predicted octanol–water partition coefficient (Wildman–Crippen LogP) is 5.98. The largest absolute Gasteiger partial charge is 0.192 e. The van der Waals surface area contributed by atoms with Crippen molar-refractivity contribution in [1.29, 1.82) is 5.26 Å². The standard InChI is InChI=1S/C13H6ClNS4/c14-11-10(9-3-1-8(7-15)2-4-9)18-13(19-11)12-16-5-6-17-12/h1-6H. The van der Waals surface area contributed by atoms with Gasteiger partial charge in [0.1, 0.15) is 0 Å². The van der Waals surface area contributed by atoms with Crippen LogP contribution >= 0.6 is 58.6 Å². The van der Waals surface area contributed by atoms with E-state index in [1.807, 2.05) is 24.3 Å². The molecule has 19 heavy (non-hydrogen) atoms. The minimum absolute atomic E-state index is 0.667. The van der Waals surface area contributed by atoms with Crippen LogP contribution in [0.25, 0.3) is 4.91 Å². The first-order valence-corrected chi connectivity index (χ1v) is 9.03. The fourth-order valence-electron chi connectivity index (χ4n) is 1.54. The lowest BCUT2D eigenvalue weighted by atomic mass is 10.1. The van der Waals surface area contributed by atoms with Gasteiger partial charge in [-0.05, 0) is 28.5 Å². The molecule has 0 radical (unpaired) electrons. The average Bonchev–Trinajstić information content (AvgIpc) is 3.08. The SMILES string of the molecule is N#Cc1ccc(C2=C(Cl)SC(=C3SC=CS3)S2)cc1. The molecule has 0 atom stereocenters. The van der Waals surface area contributed by atoms with Gasteiger partial charge in [-0.25, -0.2) is 0 Å². The highest BCUT2D eigenvalue weighted by atomic mass is 35.5. The summed E-state index contributed by atoms with van der Waals surface area (Å²) >= 11 is 13.1. The second kappa shape index (κ2) is 5.94. The smallest absolute Gasteiger partial charge is 0.0991 e. The molecule has 0 N–H and O–H groups in total. The van der Waals surface area contributed by atoms with Gasteiger partial charge in [0.2, 0.25) is 0 Å². The molecule has 0 saturated heterocycles. The molecule has 0 unspecified atom stereocenters. The van der Waals surface area contributed by atoms with Crippen LogP contribution in [0.3, 0.4) is 0 Å². The summed E-state index contributed by atoms with van der Waals surface area (Å²) in [5.41, 5.74) is 1.74. The van der Waals surface area contributed by atoms with Crippen molar-refractivity contribution in [2.24, 2.45) is 0 Å². The van der Waals surface area contributed by atoms with Gasteiger partial charge in [-0.2, -0.15) is 5.26 Å². The van der Waals surface area contributed by atoms with E-state index in [0.29, 0.717) is 5.56 Å². The van der Waals surface area contributed by atoms with Crippen molar-refractivity contribution >= 4 is 63.6 Å². The first kappa shape index (κ1) is 13.6. The molecule has 2 heterocycles. The maximum absolute atomic E-state index is 8.81. The van der Waals surface area contributed by atoms with E-state index in [1.165, 1.54) is 8.47 Å². The molecule has 1 aromatic rings. The molecule has 0 aromatic heterocycles. The Morgan fingerprint density at radius 2 is 1.63 bits per heavy atom. The van der Waals surface area contributed by atoms with Crippen molar-refractivity contribution in [2.75, 3.05) is 0 Å². The summed E-state index contributed by atoms with van der Waals surface area (Å²) in [6.45, 7) is 0. The number of halogens is 1. The number of hydrogen-bond acceptors (Lipinski definition) is 5. The van der Waals surface area contributed by atoms with Gasteiger partial charge in [0, 0.05) is 4.91 Å². The zero-order chi connectivity index (χ0) is 13.2. The van der Waals surface area contributed by atoms with Gasteiger partial charge in [-0.3, -0.25) is 0 Å². The molecular weight excluding hydrogens is 334 g/mol. The van der Waals surface area contributed by atoms with Gasteiger partial charge >= 0.3 is 0 Å². The van der Waals surface area contributed by atoms with E-state index >= 15 is 0 Å². The van der Waals surface area contributed by atoms with E-state index in [1.54, 1.807) is 47.0 Å². The lowest BCUT2D eigenvalue weighted by Gasteiger charge is -2.02. The number of nitrogens with zero attached hydrogens (tertiary/aromatic N) is 1. The summed E-state index contributed by atoms with van der Waals surface area (Å²) in [6, 6.07) is 9.67. The number of nitriles is 1. The van der Waals surface area contributed by atoms with E-state index in [9.17, 15) is 0 Å². The van der Waals surface area contributed by atoms with Gasteiger partial charge in [0.25, 0.3) is 0 Å². The van der Waals surface area contributed by atoms with Crippen LogP contribution in [-0.2, 0) is 0 Å². The zero-order valence-electron chi connectivity index (χ0n) is 9.42. The second-order valence-corrected chi connectivity index (χ2v) is 8.57. The molecule has 0 saturated carbocycles. The molecule has 94 valence electrons. The van der Waals surface area contributed by atoms with Crippen LogP contribution in [0, 0.1) is 11.3 Å². The van der Waals surface area contributed by atoms with Gasteiger partial charge in [-0.1, -0.05) is 70.8 Å². The molecule has 0 fully saturated rings. The molecule has 1 aromatic carbocycles. The Labute approximate surface area is 133 Å². The van der Waals surface area contributed by atoms with Crippen LogP contribution in [0.4, 0.5) is 0 Å². The molecular formula is C13H6ClNS4. The van der Waals surface area contributed by atoms with Gasteiger partial charge in [0.05, 0.1) is 24.5 Å². The Morgan fingerprint density at radius 1 is 0.947 bits per heavy atom. The Bertz CT molecular complexity index is 642. The van der Waals surface area contributed by atoms with E-state index in [0.717, 1.165) is 14.8 Å². The highest BCUT2D eigenvalue weighted by Crippen LogP contribution is 2.59. The van der Waals surface area contributed by atoms with Crippen LogP contribution in [0.15, 0.2) is 47.9 Å². The Kier molecular flexibility index (Phi) is 4.25. The highest BCUT2D eigenvalue weighted by molar-refractivity contribution is 8.35. The minimum atomic E-state index is 0.667. The zero-order valence-corrected chi connectivity index (χ0v) is 13.4. The topological polar surface area (TPSA) is 23.8 Å². The summed E-state index contributed by atoms with van der Waals surface area (Å²) in [4.78, 5) is 1.08. The van der Waals surface area contributed by atoms with Crippen LogP contribution in [0.5, 0.6) is 0 Å². The number of benzene rings is 1. The van der Waals surface area contributed by atoms with Crippen molar-refractivity contribution in [1.82, 2.24) is 0 Å². The van der Waals surface area contributed by atoms with Crippen LogP contribution in [0.1, 0.15) is 11.1 Å². The average molecular weight is 340 g/mol.